The molecule has 8 heteroatoms. The summed E-state index contributed by atoms with van der Waals surface area (Å²) in [5.41, 5.74) is 1.65. The van der Waals surface area contributed by atoms with Gasteiger partial charge in [0, 0.05) is 0 Å². The number of rotatable bonds is 4. The Morgan fingerprint density at radius 1 is 1.24 bits per heavy atom. The zero-order chi connectivity index (χ0) is 20.2. The zero-order valence-electron chi connectivity index (χ0n) is 16.4. The molecule has 2 fully saturated rings. The van der Waals surface area contributed by atoms with Crippen molar-refractivity contribution in [2.24, 2.45) is 0 Å². The Hall–Kier alpha value is -3.00. The number of urea groups is 1. The number of ether oxygens (including phenoxy) is 2. The van der Waals surface area contributed by atoms with E-state index in [0.717, 1.165) is 17.7 Å². The lowest BCUT2D eigenvalue weighted by atomic mass is 9.75. The smallest absolute Gasteiger partial charge is 0.329 e. The fourth-order valence-corrected chi connectivity index (χ4v) is 4.12. The van der Waals surface area contributed by atoms with E-state index in [9.17, 15) is 9.59 Å². The Morgan fingerprint density at radius 3 is 2.62 bits per heavy atom. The summed E-state index contributed by atoms with van der Waals surface area (Å²) in [6.07, 6.45) is 6.60. The summed E-state index contributed by atoms with van der Waals surface area (Å²) in [5.74, 6) is 0.327. The molecule has 1 aliphatic carbocycles. The van der Waals surface area contributed by atoms with Gasteiger partial charge in [-0.1, -0.05) is 13.0 Å². The number of benzene rings is 1. The van der Waals surface area contributed by atoms with Crippen LogP contribution in [0.1, 0.15) is 50.7 Å². The normalized spacial score (nSPS) is 24.4. The van der Waals surface area contributed by atoms with Gasteiger partial charge in [-0.15, -0.1) is 0 Å². The fraction of sp³-hybridized carbons (Fsp3) is 0.429. The first-order chi connectivity index (χ1) is 13.9. The first-order valence-corrected chi connectivity index (χ1v) is 9.88. The second-order valence-electron chi connectivity index (χ2n) is 8.04. The number of nitrogens with one attached hydrogen (secondary N) is 1. The minimum Gasteiger partial charge on any atom is -0.424 e. The standard InChI is InChI=1S/C21H22N4O4/c1-3-20(2)17(26)25(19(27)24-20)14-10-22-18(23-11-14)29-15-6-5-13-12-28-21(7-4-8-21)16(13)9-15/h5-6,9-11H,3-4,7-8,12H2,1-2H3,(H,24,27)/t20-/m1/s1. The number of hydrogen-bond acceptors (Lipinski definition) is 6. The van der Waals surface area contributed by atoms with Crippen molar-refractivity contribution in [1.29, 1.82) is 0 Å². The molecule has 150 valence electrons. The van der Waals surface area contributed by atoms with Gasteiger partial charge < -0.3 is 14.8 Å². The van der Waals surface area contributed by atoms with E-state index in [1.54, 1.807) is 6.92 Å². The quantitative estimate of drug-likeness (QED) is 0.799. The van der Waals surface area contributed by atoms with E-state index >= 15 is 0 Å². The minimum atomic E-state index is -0.907. The van der Waals surface area contributed by atoms with E-state index in [1.165, 1.54) is 29.9 Å². The lowest BCUT2D eigenvalue weighted by Crippen LogP contribution is -2.43. The number of fused-ring (bicyclic) bond motifs is 2. The molecule has 1 spiro atoms. The predicted octanol–water partition coefficient (Wildman–Crippen LogP) is 3.40. The molecular formula is C21H22N4O4. The molecule has 0 unspecified atom stereocenters. The van der Waals surface area contributed by atoms with Gasteiger partial charge in [-0.25, -0.2) is 19.7 Å². The Kier molecular flexibility index (Phi) is 3.89. The van der Waals surface area contributed by atoms with Gasteiger partial charge in [0.15, 0.2) is 0 Å². The molecule has 3 aliphatic rings. The molecule has 3 amide bonds. The highest BCUT2D eigenvalue weighted by atomic mass is 16.5. The Balaban J connectivity index is 1.35. The lowest BCUT2D eigenvalue weighted by Gasteiger charge is -2.38. The van der Waals surface area contributed by atoms with Crippen LogP contribution in [0, 0.1) is 0 Å². The molecular weight excluding hydrogens is 372 g/mol. The number of carbonyl (C=O) groups is 2. The van der Waals surface area contributed by atoms with Crippen LogP contribution in [0.4, 0.5) is 10.5 Å². The molecule has 8 nitrogen and oxygen atoms in total. The number of anilines is 1. The van der Waals surface area contributed by atoms with Crippen molar-refractivity contribution in [3.8, 4) is 11.8 Å². The predicted molar refractivity (Wildman–Crippen MR) is 104 cm³/mol. The summed E-state index contributed by atoms with van der Waals surface area (Å²) in [5, 5.41) is 2.71. The van der Waals surface area contributed by atoms with Crippen molar-refractivity contribution < 1.29 is 19.1 Å². The van der Waals surface area contributed by atoms with Gasteiger partial charge in [-0.3, -0.25) is 4.79 Å². The molecule has 1 aromatic heterocycles. The van der Waals surface area contributed by atoms with E-state index in [0.29, 0.717) is 24.5 Å². The molecule has 1 saturated carbocycles. The van der Waals surface area contributed by atoms with E-state index < -0.39 is 11.6 Å². The summed E-state index contributed by atoms with van der Waals surface area (Å²) < 4.78 is 11.8. The Morgan fingerprint density at radius 2 is 2.00 bits per heavy atom. The molecule has 29 heavy (non-hydrogen) atoms. The van der Waals surface area contributed by atoms with Crippen LogP contribution in [-0.2, 0) is 21.7 Å². The number of carbonyl (C=O) groups excluding carboxylic acids is 2. The lowest BCUT2D eigenvalue weighted by molar-refractivity contribution is -0.121. The zero-order valence-corrected chi connectivity index (χ0v) is 16.4. The van der Waals surface area contributed by atoms with Crippen molar-refractivity contribution in [3.63, 3.8) is 0 Å². The van der Waals surface area contributed by atoms with Crippen molar-refractivity contribution in [1.82, 2.24) is 15.3 Å². The van der Waals surface area contributed by atoms with E-state index in [-0.39, 0.29) is 17.5 Å². The molecule has 0 radical (unpaired) electrons. The van der Waals surface area contributed by atoms with E-state index in [4.69, 9.17) is 9.47 Å². The first-order valence-electron chi connectivity index (χ1n) is 9.88. The maximum Gasteiger partial charge on any atom is 0.329 e. The van der Waals surface area contributed by atoms with Crippen molar-refractivity contribution in [3.05, 3.63) is 41.7 Å². The Bertz CT molecular complexity index is 1000. The molecule has 1 aromatic carbocycles. The van der Waals surface area contributed by atoms with Gasteiger partial charge in [0.05, 0.1) is 30.3 Å². The maximum absolute atomic E-state index is 12.6. The number of nitrogens with zero attached hydrogens (tertiary/aromatic N) is 3. The van der Waals surface area contributed by atoms with Crippen molar-refractivity contribution in [2.45, 2.75) is 57.3 Å². The molecule has 1 N–H and O–H groups in total. The highest BCUT2D eigenvalue weighted by Crippen LogP contribution is 2.51. The summed E-state index contributed by atoms with van der Waals surface area (Å²) in [4.78, 5) is 34.3. The van der Waals surface area contributed by atoms with Gasteiger partial charge in [0.25, 0.3) is 5.91 Å². The van der Waals surface area contributed by atoms with Crippen LogP contribution in [0.5, 0.6) is 11.8 Å². The van der Waals surface area contributed by atoms with Crippen LogP contribution in [0.2, 0.25) is 0 Å². The monoisotopic (exact) mass is 394 g/mol. The highest BCUT2D eigenvalue weighted by molar-refractivity contribution is 6.23. The average Bonchev–Trinajstić information content (AvgIpc) is 3.18. The van der Waals surface area contributed by atoms with Crippen LogP contribution in [0.3, 0.4) is 0 Å². The minimum absolute atomic E-state index is 0.144. The Labute approximate surface area is 168 Å². The third-order valence-electron chi connectivity index (χ3n) is 6.29. The van der Waals surface area contributed by atoms with Gasteiger partial charge in [0.2, 0.25) is 0 Å². The van der Waals surface area contributed by atoms with Crippen LogP contribution < -0.4 is 15.0 Å². The van der Waals surface area contributed by atoms with Gasteiger partial charge in [-0.2, -0.15) is 0 Å². The SMILES string of the molecule is CC[C@@]1(C)NC(=O)N(c2cnc(Oc3ccc4c(c3)C3(CCC3)OC4)nc2)C1=O. The van der Waals surface area contributed by atoms with Gasteiger partial charge >= 0.3 is 12.0 Å². The molecule has 3 heterocycles. The number of imide groups is 1. The molecule has 2 aromatic rings. The molecule has 1 atom stereocenters. The number of hydrogen-bond donors (Lipinski definition) is 1. The second-order valence-corrected chi connectivity index (χ2v) is 8.04. The third kappa shape index (κ3) is 2.70. The molecule has 5 rings (SSSR count). The number of amides is 3. The van der Waals surface area contributed by atoms with Crippen LogP contribution in [0.15, 0.2) is 30.6 Å². The second kappa shape index (κ2) is 6.25. The van der Waals surface area contributed by atoms with Crippen LogP contribution in [-0.4, -0.2) is 27.4 Å². The summed E-state index contributed by atoms with van der Waals surface area (Å²) >= 11 is 0. The van der Waals surface area contributed by atoms with Crippen molar-refractivity contribution >= 4 is 17.6 Å². The van der Waals surface area contributed by atoms with Gasteiger partial charge in [0.1, 0.15) is 11.3 Å². The first kappa shape index (κ1) is 18.1. The van der Waals surface area contributed by atoms with Crippen LogP contribution in [0.25, 0.3) is 0 Å². The molecule has 1 saturated heterocycles. The van der Waals surface area contributed by atoms with E-state index in [1.807, 2.05) is 25.1 Å². The highest BCUT2D eigenvalue weighted by Gasteiger charge is 2.47. The average molecular weight is 394 g/mol. The third-order valence-corrected chi connectivity index (χ3v) is 6.29. The molecule has 2 aliphatic heterocycles. The largest absolute Gasteiger partial charge is 0.424 e. The topological polar surface area (TPSA) is 93.7 Å². The van der Waals surface area contributed by atoms with Crippen molar-refractivity contribution in [2.75, 3.05) is 4.90 Å². The van der Waals surface area contributed by atoms with Gasteiger partial charge in [-0.05, 0) is 55.9 Å². The summed E-state index contributed by atoms with van der Waals surface area (Å²) in [6.45, 7) is 4.20. The van der Waals surface area contributed by atoms with E-state index in [2.05, 4.69) is 15.3 Å². The molecule has 0 bridgehead atoms. The maximum atomic E-state index is 12.6. The summed E-state index contributed by atoms with van der Waals surface area (Å²) in [6, 6.07) is 5.58. The van der Waals surface area contributed by atoms with Crippen LogP contribution >= 0.6 is 0 Å². The number of aromatic nitrogens is 2. The fourth-order valence-electron chi connectivity index (χ4n) is 4.12. The summed E-state index contributed by atoms with van der Waals surface area (Å²) in [7, 11) is 0.